The maximum atomic E-state index is 13.8. The number of benzene rings is 3. The molecular formula is C30H32N2O4. The van der Waals surface area contributed by atoms with Crippen molar-refractivity contribution in [3.8, 4) is 17.2 Å². The largest absolute Gasteiger partial charge is 0.496 e. The van der Waals surface area contributed by atoms with Crippen LogP contribution in [0, 0.1) is 0 Å². The van der Waals surface area contributed by atoms with Gasteiger partial charge in [-0.05, 0) is 61.7 Å². The normalized spacial score (nSPS) is 18.8. The molecule has 0 fully saturated rings. The Morgan fingerprint density at radius 1 is 0.833 bits per heavy atom. The molecule has 2 atom stereocenters. The Labute approximate surface area is 212 Å². The van der Waals surface area contributed by atoms with Gasteiger partial charge < -0.3 is 24.8 Å². The Kier molecular flexibility index (Phi) is 6.85. The van der Waals surface area contributed by atoms with Crippen molar-refractivity contribution < 1.29 is 19.0 Å². The summed E-state index contributed by atoms with van der Waals surface area (Å²) < 4.78 is 17.3. The van der Waals surface area contributed by atoms with Crippen molar-refractivity contribution in [1.29, 1.82) is 0 Å². The van der Waals surface area contributed by atoms with Gasteiger partial charge >= 0.3 is 0 Å². The number of hydrogen-bond donors (Lipinski definition) is 2. The quantitative estimate of drug-likeness (QED) is 0.400. The fraction of sp³-hybridized carbons (Fsp3) is 0.300. The molecule has 1 heterocycles. The molecule has 186 valence electrons. The topological polar surface area (TPSA) is 68.8 Å². The van der Waals surface area contributed by atoms with E-state index in [2.05, 4.69) is 16.7 Å². The Morgan fingerprint density at radius 3 is 2.33 bits per heavy atom. The monoisotopic (exact) mass is 484 g/mol. The van der Waals surface area contributed by atoms with Crippen LogP contribution in [0.5, 0.6) is 17.2 Å². The molecule has 2 aliphatic rings. The van der Waals surface area contributed by atoms with Gasteiger partial charge in [0.1, 0.15) is 5.75 Å². The lowest BCUT2D eigenvalue weighted by atomic mass is 9.78. The van der Waals surface area contributed by atoms with E-state index in [1.807, 2.05) is 74.5 Å². The Bertz CT molecular complexity index is 1300. The van der Waals surface area contributed by atoms with Gasteiger partial charge in [-0.25, -0.2) is 0 Å². The number of hydrogen-bond acceptors (Lipinski definition) is 6. The SMILES string of the molecule is CCOc1ccc(C2Nc3ccccc3NC3=C2C(=O)CC(c2ccccc2OC)C3)cc1OCC. The second-order valence-electron chi connectivity index (χ2n) is 8.98. The van der Waals surface area contributed by atoms with E-state index in [1.165, 1.54) is 0 Å². The van der Waals surface area contributed by atoms with Gasteiger partial charge in [-0.3, -0.25) is 4.79 Å². The van der Waals surface area contributed by atoms with Crippen LogP contribution in [0.25, 0.3) is 0 Å². The number of anilines is 2. The number of carbonyl (C=O) groups is 1. The summed E-state index contributed by atoms with van der Waals surface area (Å²) in [5.74, 6) is 2.36. The minimum Gasteiger partial charge on any atom is -0.496 e. The first-order valence-corrected chi connectivity index (χ1v) is 12.5. The number of methoxy groups -OCH3 is 1. The Morgan fingerprint density at radius 2 is 1.56 bits per heavy atom. The predicted octanol–water partition coefficient (Wildman–Crippen LogP) is 6.47. The number of ether oxygens (including phenoxy) is 3. The molecular weight excluding hydrogens is 452 g/mol. The van der Waals surface area contributed by atoms with E-state index in [0.717, 1.165) is 39.5 Å². The summed E-state index contributed by atoms with van der Waals surface area (Å²) in [6.07, 6.45) is 1.13. The summed E-state index contributed by atoms with van der Waals surface area (Å²) in [6.45, 7) is 4.99. The number of Topliss-reactive ketones (excluding diaryl/α,β-unsaturated/α-hetero) is 1. The smallest absolute Gasteiger partial charge is 0.163 e. The molecule has 6 heteroatoms. The van der Waals surface area contributed by atoms with Crippen LogP contribution in [0.15, 0.2) is 78.0 Å². The van der Waals surface area contributed by atoms with Crippen LogP contribution in [0.2, 0.25) is 0 Å². The first-order valence-electron chi connectivity index (χ1n) is 12.5. The van der Waals surface area contributed by atoms with Gasteiger partial charge in [0.2, 0.25) is 0 Å². The summed E-state index contributed by atoms with van der Waals surface area (Å²) in [5, 5.41) is 7.24. The highest BCUT2D eigenvalue weighted by Crippen LogP contribution is 2.46. The minimum atomic E-state index is -0.322. The fourth-order valence-corrected chi connectivity index (χ4v) is 5.21. The van der Waals surface area contributed by atoms with E-state index in [0.29, 0.717) is 37.6 Å². The zero-order valence-corrected chi connectivity index (χ0v) is 21.0. The fourth-order valence-electron chi connectivity index (χ4n) is 5.21. The van der Waals surface area contributed by atoms with Crippen molar-refractivity contribution in [2.75, 3.05) is 31.0 Å². The lowest BCUT2D eigenvalue weighted by Crippen LogP contribution is -2.27. The number of ketones is 1. The zero-order valence-electron chi connectivity index (χ0n) is 21.0. The highest BCUT2D eigenvalue weighted by atomic mass is 16.5. The molecule has 2 N–H and O–H groups in total. The molecule has 3 aromatic carbocycles. The third-order valence-corrected chi connectivity index (χ3v) is 6.79. The van der Waals surface area contributed by atoms with E-state index in [9.17, 15) is 4.79 Å². The van der Waals surface area contributed by atoms with Gasteiger partial charge in [-0.2, -0.15) is 0 Å². The summed E-state index contributed by atoms with van der Waals surface area (Å²) in [4.78, 5) is 13.8. The molecule has 6 nitrogen and oxygen atoms in total. The second kappa shape index (κ2) is 10.4. The van der Waals surface area contributed by atoms with Crippen LogP contribution in [-0.4, -0.2) is 26.1 Å². The molecule has 2 unspecified atom stereocenters. The van der Waals surface area contributed by atoms with Gasteiger partial charge in [0, 0.05) is 23.6 Å². The number of rotatable bonds is 7. The third-order valence-electron chi connectivity index (χ3n) is 6.79. The van der Waals surface area contributed by atoms with Crippen molar-refractivity contribution in [2.45, 2.75) is 38.6 Å². The third kappa shape index (κ3) is 4.51. The number of fused-ring (bicyclic) bond motifs is 1. The van der Waals surface area contributed by atoms with Crippen molar-refractivity contribution in [1.82, 2.24) is 0 Å². The van der Waals surface area contributed by atoms with E-state index < -0.39 is 0 Å². The Balaban J connectivity index is 1.60. The lowest BCUT2D eigenvalue weighted by molar-refractivity contribution is -0.116. The second-order valence-corrected chi connectivity index (χ2v) is 8.98. The average Bonchev–Trinajstić information content (AvgIpc) is 3.07. The molecule has 0 spiro atoms. The highest BCUT2D eigenvalue weighted by Gasteiger charge is 2.37. The summed E-state index contributed by atoms with van der Waals surface area (Å²) in [7, 11) is 1.68. The number of para-hydroxylation sites is 3. The summed E-state index contributed by atoms with van der Waals surface area (Å²) in [5.41, 5.74) is 5.63. The zero-order chi connectivity index (χ0) is 25.1. The highest BCUT2D eigenvalue weighted by molar-refractivity contribution is 6.01. The molecule has 0 bridgehead atoms. The van der Waals surface area contributed by atoms with Gasteiger partial charge in [0.25, 0.3) is 0 Å². The minimum absolute atomic E-state index is 0.0325. The maximum absolute atomic E-state index is 13.8. The molecule has 1 aliphatic carbocycles. The summed E-state index contributed by atoms with van der Waals surface area (Å²) in [6, 6.07) is 21.7. The average molecular weight is 485 g/mol. The molecule has 3 aromatic rings. The molecule has 36 heavy (non-hydrogen) atoms. The predicted molar refractivity (Wildman–Crippen MR) is 142 cm³/mol. The van der Waals surface area contributed by atoms with Crippen molar-refractivity contribution in [2.24, 2.45) is 0 Å². The van der Waals surface area contributed by atoms with Gasteiger partial charge in [-0.1, -0.05) is 36.4 Å². The molecule has 0 saturated heterocycles. The van der Waals surface area contributed by atoms with E-state index in [-0.39, 0.29) is 17.7 Å². The van der Waals surface area contributed by atoms with Crippen LogP contribution in [0.4, 0.5) is 11.4 Å². The maximum Gasteiger partial charge on any atom is 0.163 e. The molecule has 1 aliphatic heterocycles. The molecule has 0 saturated carbocycles. The van der Waals surface area contributed by atoms with Crippen LogP contribution in [-0.2, 0) is 4.79 Å². The molecule has 5 rings (SSSR count). The number of allylic oxidation sites excluding steroid dienone is 1. The van der Waals surface area contributed by atoms with E-state index in [1.54, 1.807) is 7.11 Å². The number of carbonyl (C=O) groups excluding carboxylic acids is 1. The molecule has 0 aromatic heterocycles. The van der Waals surface area contributed by atoms with Gasteiger partial charge in [0.15, 0.2) is 17.3 Å². The first kappa shape index (κ1) is 23.8. The molecule has 0 amide bonds. The van der Waals surface area contributed by atoms with Crippen LogP contribution in [0.1, 0.15) is 49.8 Å². The van der Waals surface area contributed by atoms with E-state index in [4.69, 9.17) is 14.2 Å². The number of nitrogens with one attached hydrogen (secondary N) is 2. The van der Waals surface area contributed by atoms with Gasteiger partial charge in [-0.15, -0.1) is 0 Å². The standard InChI is InChI=1S/C30H32N2O4/c1-4-35-27-15-14-19(18-28(27)36-5-2)30-29-24(31-22-11-7-8-12-23(22)32-30)16-20(17-25(29)33)21-10-6-9-13-26(21)34-3/h6-15,18,20,30-32H,4-5,16-17H2,1-3H3. The summed E-state index contributed by atoms with van der Waals surface area (Å²) >= 11 is 0. The van der Waals surface area contributed by atoms with Gasteiger partial charge in [0.05, 0.1) is 37.7 Å². The Hall–Kier alpha value is -3.93. The van der Waals surface area contributed by atoms with E-state index >= 15 is 0 Å². The van der Waals surface area contributed by atoms with Crippen molar-refractivity contribution in [3.05, 3.63) is 89.1 Å². The van der Waals surface area contributed by atoms with Crippen LogP contribution < -0.4 is 24.8 Å². The molecule has 0 radical (unpaired) electrons. The van der Waals surface area contributed by atoms with Crippen molar-refractivity contribution >= 4 is 17.2 Å². The van der Waals surface area contributed by atoms with Crippen LogP contribution in [0.3, 0.4) is 0 Å². The van der Waals surface area contributed by atoms with Crippen molar-refractivity contribution in [3.63, 3.8) is 0 Å². The first-order chi connectivity index (χ1) is 17.6. The lowest BCUT2D eigenvalue weighted by Gasteiger charge is -2.30. The van der Waals surface area contributed by atoms with Crippen LogP contribution >= 0.6 is 0 Å².